The molecule has 3 rings (SSSR count). The number of likely N-dealkylation sites (tertiary alicyclic amines) is 1. The van der Waals surface area contributed by atoms with Gasteiger partial charge in [0, 0.05) is 18.7 Å². The van der Waals surface area contributed by atoms with Crippen molar-refractivity contribution in [2.75, 3.05) is 13.1 Å². The van der Waals surface area contributed by atoms with E-state index in [0.29, 0.717) is 11.5 Å². The van der Waals surface area contributed by atoms with E-state index in [1.807, 2.05) is 4.90 Å². The number of hydrogen-bond donors (Lipinski definition) is 0. The fourth-order valence-electron chi connectivity index (χ4n) is 3.14. The van der Waals surface area contributed by atoms with Crippen molar-refractivity contribution >= 4 is 17.5 Å². The summed E-state index contributed by atoms with van der Waals surface area (Å²) >= 11 is 5.91. The number of nitrogens with zero attached hydrogens (tertiary/aromatic N) is 1. The third-order valence-corrected chi connectivity index (χ3v) is 5.19. The summed E-state index contributed by atoms with van der Waals surface area (Å²) in [6.07, 6.45) is -2.45. The van der Waals surface area contributed by atoms with E-state index in [9.17, 15) is 18.0 Å². The van der Waals surface area contributed by atoms with Crippen LogP contribution in [-0.4, -0.2) is 23.9 Å². The Morgan fingerprint density at radius 1 is 1.18 bits per heavy atom. The third kappa shape index (κ3) is 4.98. The third-order valence-electron chi connectivity index (χ3n) is 4.90. The maximum absolute atomic E-state index is 12.7. The number of rotatable bonds is 4. The smallest absolute Gasteiger partial charge is 0.416 e. The summed E-state index contributed by atoms with van der Waals surface area (Å²) in [5.74, 6) is 0.787. The molecule has 0 spiro atoms. The number of carbonyl (C=O) groups excluding carboxylic acids is 1. The minimum absolute atomic E-state index is 0.0127. The van der Waals surface area contributed by atoms with Gasteiger partial charge in [-0.05, 0) is 54.7 Å². The molecule has 0 unspecified atom stereocenters. The first-order valence-electron chi connectivity index (χ1n) is 9.12. The van der Waals surface area contributed by atoms with Crippen molar-refractivity contribution in [1.29, 1.82) is 0 Å². The van der Waals surface area contributed by atoms with Gasteiger partial charge in [0.1, 0.15) is 12.4 Å². The van der Waals surface area contributed by atoms with Gasteiger partial charge in [-0.1, -0.05) is 30.7 Å². The maximum Gasteiger partial charge on any atom is 0.416 e. The quantitative estimate of drug-likeness (QED) is 0.635. The molecule has 1 heterocycles. The average molecular weight is 412 g/mol. The molecule has 2 aromatic rings. The monoisotopic (exact) mass is 411 g/mol. The van der Waals surface area contributed by atoms with E-state index in [1.54, 1.807) is 24.3 Å². The topological polar surface area (TPSA) is 29.5 Å². The Bertz CT molecular complexity index is 846. The van der Waals surface area contributed by atoms with Gasteiger partial charge in [-0.15, -0.1) is 0 Å². The van der Waals surface area contributed by atoms with Gasteiger partial charge >= 0.3 is 6.18 Å². The first kappa shape index (κ1) is 20.5. The van der Waals surface area contributed by atoms with E-state index >= 15 is 0 Å². The molecule has 2 aromatic carbocycles. The zero-order valence-corrected chi connectivity index (χ0v) is 16.2. The number of alkyl halides is 3. The summed E-state index contributed by atoms with van der Waals surface area (Å²) < 4.78 is 43.7. The molecule has 28 heavy (non-hydrogen) atoms. The highest BCUT2D eigenvalue weighted by molar-refractivity contribution is 6.32. The van der Waals surface area contributed by atoms with Crippen LogP contribution in [0.4, 0.5) is 13.2 Å². The normalized spacial score (nSPS) is 15.5. The van der Waals surface area contributed by atoms with Crippen molar-refractivity contribution in [3.05, 3.63) is 64.2 Å². The molecular weight excluding hydrogens is 391 g/mol. The minimum Gasteiger partial charge on any atom is -0.487 e. The largest absolute Gasteiger partial charge is 0.487 e. The molecule has 1 aliphatic heterocycles. The van der Waals surface area contributed by atoms with Gasteiger partial charge in [-0.25, -0.2) is 0 Å². The summed E-state index contributed by atoms with van der Waals surface area (Å²) in [7, 11) is 0. The molecule has 1 amide bonds. The number of ether oxygens (including phenoxy) is 1. The predicted octanol–water partition coefficient (Wildman–Crippen LogP) is 5.81. The van der Waals surface area contributed by atoms with Crippen molar-refractivity contribution in [2.45, 2.75) is 32.5 Å². The predicted molar refractivity (Wildman–Crippen MR) is 102 cm³/mol. The van der Waals surface area contributed by atoms with Crippen molar-refractivity contribution in [3.8, 4) is 5.75 Å². The second-order valence-corrected chi connectivity index (χ2v) is 7.51. The number of benzene rings is 2. The van der Waals surface area contributed by atoms with Crippen LogP contribution in [0.2, 0.25) is 5.02 Å². The molecule has 0 atom stereocenters. The second-order valence-electron chi connectivity index (χ2n) is 7.11. The van der Waals surface area contributed by atoms with E-state index < -0.39 is 11.7 Å². The summed E-state index contributed by atoms with van der Waals surface area (Å²) in [5, 5.41) is -0.107. The Balaban J connectivity index is 1.66. The van der Waals surface area contributed by atoms with E-state index in [0.717, 1.165) is 43.6 Å². The molecule has 0 radical (unpaired) electrons. The van der Waals surface area contributed by atoms with Crippen molar-refractivity contribution < 1.29 is 22.7 Å². The SMILES string of the molecule is CC1CCN(C(=O)c2cccc(COc3ccc(C(F)(F)F)cc3Cl)c2)CC1. The van der Waals surface area contributed by atoms with Gasteiger partial charge in [0.05, 0.1) is 10.6 Å². The molecule has 3 nitrogen and oxygen atoms in total. The zero-order valence-electron chi connectivity index (χ0n) is 15.4. The van der Waals surface area contributed by atoms with Crippen LogP contribution in [0.25, 0.3) is 0 Å². The Morgan fingerprint density at radius 2 is 1.89 bits per heavy atom. The van der Waals surface area contributed by atoms with Crippen LogP contribution in [0, 0.1) is 5.92 Å². The zero-order chi connectivity index (χ0) is 20.3. The van der Waals surface area contributed by atoms with Crippen molar-refractivity contribution in [2.24, 2.45) is 5.92 Å². The van der Waals surface area contributed by atoms with Crippen molar-refractivity contribution in [1.82, 2.24) is 4.90 Å². The fourth-order valence-corrected chi connectivity index (χ4v) is 3.38. The number of hydrogen-bond acceptors (Lipinski definition) is 2. The number of piperidine rings is 1. The second kappa shape index (κ2) is 8.43. The highest BCUT2D eigenvalue weighted by Crippen LogP contribution is 2.35. The van der Waals surface area contributed by atoms with Crippen LogP contribution in [-0.2, 0) is 12.8 Å². The summed E-state index contributed by atoms with van der Waals surface area (Å²) in [6.45, 7) is 3.79. The molecule has 0 aromatic heterocycles. The standard InChI is InChI=1S/C21H21ClF3NO2/c1-14-7-9-26(10-8-14)20(27)16-4-2-3-15(11-16)13-28-19-6-5-17(12-18(19)22)21(23,24)25/h2-6,11-12,14H,7-10,13H2,1H3. The Hall–Kier alpha value is -2.21. The van der Waals surface area contributed by atoms with Crippen molar-refractivity contribution in [3.63, 3.8) is 0 Å². The minimum atomic E-state index is -4.46. The van der Waals surface area contributed by atoms with E-state index in [2.05, 4.69) is 6.92 Å². The number of halogens is 4. The van der Waals surface area contributed by atoms with Crippen LogP contribution < -0.4 is 4.74 Å². The lowest BCUT2D eigenvalue weighted by atomic mass is 9.98. The molecule has 0 aliphatic carbocycles. The van der Waals surface area contributed by atoms with E-state index in [1.165, 1.54) is 6.07 Å². The van der Waals surface area contributed by atoms with Gasteiger partial charge in [0.15, 0.2) is 0 Å². The molecule has 0 N–H and O–H groups in total. The first-order chi connectivity index (χ1) is 13.2. The number of amides is 1. The molecule has 1 saturated heterocycles. The van der Waals surface area contributed by atoms with Gasteiger partial charge in [-0.3, -0.25) is 4.79 Å². The summed E-state index contributed by atoms with van der Waals surface area (Å²) in [6, 6.07) is 10.1. The van der Waals surface area contributed by atoms with E-state index in [4.69, 9.17) is 16.3 Å². The van der Waals surface area contributed by atoms with Gasteiger partial charge in [0.2, 0.25) is 0 Å². The molecule has 1 aliphatic rings. The lowest BCUT2D eigenvalue weighted by Crippen LogP contribution is -2.37. The highest BCUT2D eigenvalue weighted by atomic mass is 35.5. The Morgan fingerprint density at radius 3 is 2.54 bits per heavy atom. The summed E-state index contributed by atoms with van der Waals surface area (Å²) in [4.78, 5) is 14.5. The molecule has 0 bridgehead atoms. The Labute approximate surface area is 167 Å². The lowest BCUT2D eigenvalue weighted by Gasteiger charge is -2.30. The van der Waals surface area contributed by atoms with Crippen LogP contribution >= 0.6 is 11.6 Å². The fraction of sp³-hybridized carbons (Fsp3) is 0.381. The van der Waals surface area contributed by atoms with E-state index in [-0.39, 0.29) is 23.3 Å². The van der Waals surface area contributed by atoms with Gasteiger partial charge < -0.3 is 9.64 Å². The number of carbonyl (C=O) groups is 1. The average Bonchev–Trinajstić information content (AvgIpc) is 2.66. The van der Waals surface area contributed by atoms with Crippen LogP contribution in [0.15, 0.2) is 42.5 Å². The Kier molecular flexibility index (Phi) is 6.18. The van der Waals surface area contributed by atoms with Crippen LogP contribution in [0.5, 0.6) is 5.75 Å². The molecular formula is C21H21ClF3NO2. The highest BCUT2D eigenvalue weighted by Gasteiger charge is 2.31. The summed E-state index contributed by atoms with van der Waals surface area (Å²) in [5.41, 5.74) is 0.495. The molecule has 1 fully saturated rings. The molecule has 7 heteroatoms. The maximum atomic E-state index is 12.7. The molecule has 0 saturated carbocycles. The first-order valence-corrected chi connectivity index (χ1v) is 9.49. The molecule has 150 valence electrons. The van der Waals surface area contributed by atoms with Gasteiger partial charge in [-0.2, -0.15) is 13.2 Å². The van der Waals surface area contributed by atoms with Crippen LogP contribution in [0.3, 0.4) is 0 Å². The lowest BCUT2D eigenvalue weighted by molar-refractivity contribution is -0.137. The van der Waals surface area contributed by atoms with Gasteiger partial charge in [0.25, 0.3) is 5.91 Å². The van der Waals surface area contributed by atoms with Crippen LogP contribution in [0.1, 0.15) is 41.3 Å².